The van der Waals surface area contributed by atoms with Gasteiger partial charge in [-0.1, -0.05) is 29.8 Å². The van der Waals surface area contributed by atoms with Crippen LogP contribution in [-0.4, -0.2) is 37.2 Å². The summed E-state index contributed by atoms with van der Waals surface area (Å²) in [5.41, 5.74) is 8.37. The summed E-state index contributed by atoms with van der Waals surface area (Å²) >= 11 is 0. The average Bonchev–Trinajstić information content (AvgIpc) is 2.38. The van der Waals surface area contributed by atoms with Crippen molar-refractivity contribution in [2.75, 3.05) is 26.2 Å². The van der Waals surface area contributed by atoms with Crippen molar-refractivity contribution in [3.05, 3.63) is 35.4 Å². The van der Waals surface area contributed by atoms with Gasteiger partial charge in [0.25, 0.3) is 0 Å². The van der Waals surface area contributed by atoms with Crippen LogP contribution >= 0.6 is 12.4 Å². The maximum atomic E-state index is 5.68. The minimum atomic E-state index is 0. The van der Waals surface area contributed by atoms with Crippen LogP contribution in [-0.2, 0) is 4.74 Å². The first-order valence-electron chi connectivity index (χ1n) is 6.33. The van der Waals surface area contributed by atoms with E-state index >= 15 is 0 Å². The van der Waals surface area contributed by atoms with Crippen LogP contribution in [0.2, 0.25) is 0 Å². The van der Waals surface area contributed by atoms with Gasteiger partial charge in [0.05, 0.1) is 12.7 Å². The van der Waals surface area contributed by atoms with E-state index in [-0.39, 0.29) is 18.5 Å². The highest BCUT2D eigenvalue weighted by Gasteiger charge is 2.23. The van der Waals surface area contributed by atoms with Gasteiger partial charge in [-0.05, 0) is 19.4 Å². The first-order valence-corrected chi connectivity index (χ1v) is 6.33. The van der Waals surface area contributed by atoms with Gasteiger partial charge in [-0.25, -0.2) is 0 Å². The summed E-state index contributed by atoms with van der Waals surface area (Å²) < 4.78 is 5.60. The van der Waals surface area contributed by atoms with Gasteiger partial charge in [-0.3, -0.25) is 4.90 Å². The highest BCUT2D eigenvalue weighted by atomic mass is 35.5. The summed E-state index contributed by atoms with van der Waals surface area (Å²) in [5.74, 6) is 0. The maximum absolute atomic E-state index is 5.68. The van der Waals surface area contributed by atoms with E-state index in [1.807, 2.05) is 0 Å². The fourth-order valence-electron chi connectivity index (χ4n) is 2.38. The topological polar surface area (TPSA) is 38.5 Å². The number of hydrogen-bond acceptors (Lipinski definition) is 3. The average molecular weight is 271 g/mol. The molecular formula is C14H23ClN2O. The van der Waals surface area contributed by atoms with E-state index in [9.17, 15) is 0 Å². The van der Waals surface area contributed by atoms with Crippen molar-refractivity contribution in [2.45, 2.75) is 26.0 Å². The molecular weight excluding hydrogens is 248 g/mol. The van der Waals surface area contributed by atoms with Gasteiger partial charge >= 0.3 is 0 Å². The predicted molar refractivity (Wildman–Crippen MR) is 77.2 cm³/mol. The highest BCUT2D eigenvalue weighted by molar-refractivity contribution is 5.85. The van der Waals surface area contributed by atoms with Crippen molar-refractivity contribution in [3.8, 4) is 0 Å². The van der Waals surface area contributed by atoms with Crippen molar-refractivity contribution in [2.24, 2.45) is 5.73 Å². The van der Waals surface area contributed by atoms with Gasteiger partial charge in [0.15, 0.2) is 0 Å². The minimum absolute atomic E-state index is 0. The molecule has 18 heavy (non-hydrogen) atoms. The predicted octanol–water partition coefficient (Wildman–Crippen LogP) is 2.14. The Morgan fingerprint density at radius 1 is 1.50 bits per heavy atom. The number of aryl methyl sites for hydroxylation is 1. The third-order valence-electron chi connectivity index (χ3n) is 3.51. The molecule has 3 nitrogen and oxygen atoms in total. The molecule has 1 aliphatic rings. The first-order chi connectivity index (χ1) is 8.20. The van der Waals surface area contributed by atoms with Crippen molar-refractivity contribution >= 4 is 12.4 Å². The van der Waals surface area contributed by atoms with E-state index in [0.717, 1.165) is 19.7 Å². The zero-order valence-corrected chi connectivity index (χ0v) is 12.0. The molecule has 4 heteroatoms. The van der Waals surface area contributed by atoms with Crippen molar-refractivity contribution in [1.29, 1.82) is 0 Å². The molecule has 0 aromatic heterocycles. The molecule has 0 amide bonds. The van der Waals surface area contributed by atoms with Crippen LogP contribution in [0.3, 0.4) is 0 Å². The number of halogens is 1. The Morgan fingerprint density at radius 2 is 2.28 bits per heavy atom. The molecule has 2 rings (SSSR count). The van der Waals surface area contributed by atoms with E-state index in [1.165, 1.54) is 11.1 Å². The van der Waals surface area contributed by atoms with E-state index in [1.54, 1.807) is 0 Å². The zero-order chi connectivity index (χ0) is 12.3. The Bertz CT molecular complexity index is 373. The Balaban J connectivity index is 0.00000162. The Labute approximate surface area is 116 Å². The molecule has 0 aliphatic carbocycles. The summed E-state index contributed by atoms with van der Waals surface area (Å²) in [4.78, 5) is 2.45. The maximum Gasteiger partial charge on any atom is 0.0824 e. The number of ether oxygens (including phenoxy) is 1. The molecule has 2 atom stereocenters. The number of rotatable bonds is 3. The van der Waals surface area contributed by atoms with Crippen LogP contribution in [0, 0.1) is 6.92 Å². The van der Waals surface area contributed by atoms with Crippen molar-refractivity contribution in [3.63, 3.8) is 0 Å². The molecule has 0 saturated carbocycles. The molecule has 102 valence electrons. The Morgan fingerprint density at radius 3 is 2.94 bits per heavy atom. The van der Waals surface area contributed by atoms with Crippen LogP contribution in [0.25, 0.3) is 0 Å². The summed E-state index contributed by atoms with van der Waals surface area (Å²) in [6, 6.07) is 9.16. The highest BCUT2D eigenvalue weighted by Crippen LogP contribution is 2.22. The number of benzene rings is 1. The summed E-state index contributed by atoms with van der Waals surface area (Å²) in [6.07, 6.45) is 0.191. The monoisotopic (exact) mass is 270 g/mol. The number of nitrogens with two attached hydrogens (primary N) is 1. The van der Waals surface area contributed by atoms with Crippen molar-refractivity contribution < 1.29 is 4.74 Å². The molecule has 1 saturated heterocycles. The second-order valence-corrected chi connectivity index (χ2v) is 4.81. The third kappa shape index (κ3) is 3.69. The van der Waals surface area contributed by atoms with Crippen LogP contribution in [0.4, 0.5) is 0 Å². The molecule has 1 aromatic rings. The van der Waals surface area contributed by atoms with E-state index in [4.69, 9.17) is 10.5 Å². The smallest absolute Gasteiger partial charge is 0.0824 e. The van der Waals surface area contributed by atoms with E-state index in [2.05, 4.69) is 43.0 Å². The normalized spacial score (nSPS) is 22.3. The largest absolute Gasteiger partial charge is 0.374 e. The lowest BCUT2D eigenvalue weighted by Crippen LogP contribution is -2.46. The van der Waals surface area contributed by atoms with Gasteiger partial charge in [0.2, 0.25) is 0 Å². The Kier molecular flexibility index (Phi) is 6.09. The van der Waals surface area contributed by atoms with Gasteiger partial charge < -0.3 is 10.5 Å². The molecule has 0 spiro atoms. The molecule has 1 aromatic carbocycles. The first kappa shape index (κ1) is 15.4. The molecule has 1 fully saturated rings. The van der Waals surface area contributed by atoms with Crippen LogP contribution in [0.5, 0.6) is 0 Å². The van der Waals surface area contributed by atoms with Crippen molar-refractivity contribution in [1.82, 2.24) is 4.90 Å². The standard InChI is InChI=1S/C14H22N2O.ClH/c1-11-4-3-5-13(8-11)12(2)16-6-7-17-14(9-15)10-16;/h3-5,8,12,14H,6-7,9-10,15H2,1-2H3;1H. The Hall–Kier alpha value is -0.610. The fourth-order valence-corrected chi connectivity index (χ4v) is 2.38. The van der Waals surface area contributed by atoms with Crippen LogP contribution < -0.4 is 5.73 Å². The lowest BCUT2D eigenvalue weighted by molar-refractivity contribution is -0.0364. The number of morpholine rings is 1. The fraction of sp³-hybridized carbons (Fsp3) is 0.571. The molecule has 2 unspecified atom stereocenters. The van der Waals surface area contributed by atoms with E-state index < -0.39 is 0 Å². The lowest BCUT2D eigenvalue weighted by Gasteiger charge is -2.36. The molecule has 1 heterocycles. The van der Waals surface area contributed by atoms with Gasteiger partial charge in [0, 0.05) is 25.7 Å². The third-order valence-corrected chi connectivity index (χ3v) is 3.51. The summed E-state index contributed by atoms with van der Waals surface area (Å²) in [5, 5.41) is 0. The summed E-state index contributed by atoms with van der Waals surface area (Å²) in [7, 11) is 0. The van der Waals surface area contributed by atoms with E-state index in [0.29, 0.717) is 12.6 Å². The van der Waals surface area contributed by atoms with Gasteiger partial charge in [0.1, 0.15) is 0 Å². The zero-order valence-electron chi connectivity index (χ0n) is 11.1. The van der Waals surface area contributed by atoms with Gasteiger partial charge in [-0.15, -0.1) is 12.4 Å². The van der Waals surface area contributed by atoms with Crippen LogP contribution in [0.15, 0.2) is 24.3 Å². The number of nitrogens with zero attached hydrogens (tertiary/aromatic N) is 1. The second kappa shape index (κ2) is 7.10. The number of hydrogen-bond donors (Lipinski definition) is 1. The molecule has 0 bridgehead atoms. The second-order valence-electron chi connectivity index (χ2n) is 4.81. The SMILES string of the molecule is Cc1cccc(C(C)N2CCOC(CN)C2)c1.Cl. The minimum Gasteiger partial charge on any atom is -0.374 e. The van der Waals surface area contributed by atoms with Gasteiger partial charge in [-0.2, -0.15) is 0 Å². The summed E-state index contributed by atoms with van der Waals surface area (Å²) in [6.45, 7) is 7.72. The van der Waals surface area contributed by atoms with Crippen LogP contribution in [0.1, 0.15) is 24.1 Å². The lowest BCUT2D eigenvalue weighted by atomic mass is 10.0. The molecule has 2 N–H and O–H groups in total. The molecule has 1 aliphatic heterocycles. The quantitative estimate of drug-likeness (QED) is 0.915. The molecule has 0 radical (unpaired) electrons.